The molecule has 1 unspecified atom stereocenters. The predicted molar refractivity (Wildman–Crippen MR) is 88.8 cm³/mol. The first kappa shape index (κ1) is 16.4. The zero-order chi connectivity index (χ0) is 16.3. The molecule has 118 valence electrons. The number of rotatable bonds is 5. The van der Waals surface area contributed by atoms with Crippen molar-refractivity contribution >= 4 is 45.1 Å². The van der Waals surface area contributed by atoms with Gasteiger partial charge in [0.1, 0.15) is 0 Å². The minimum Gasteiger partial charge on any atom is -0.351 e. The van der Waals surface area contributed by atoms with E-state index in [9.17, 15) is 9.00 Å². The van der Waals surface area contributed by atoms with Crippen LogP contribution >= 0.6 is 11.3 Å². The van der Waals surface area contributed by atoms with Gasteiger partial charge in [0.15, 0.2) is 5.13 Å². The van der Waals surface area contributed by atoms with Gasteiger partial charge < -0.3 is 5.73 Å². The fraction of sp³-hybridized carbons (Fsp3) is 0.231. The third kappa shape index (κ3) is 3.81. The summed E-state index contributed by atoms with van der Waals surface area (Å²) >= 11 is -0.749. The molecule has 0 saturated carbocycles. The highest BCUT2D eigenvalue weighted by Crippen LogP contribution is 2.33. The van der Waals surface area contributed by atoms with E-state index < -0.39 is 17.3 Å². The van der Waals surface area contributed by atoms with Gasteiger partial charge in [0.2, 0.25) is 0 Å². The minimum atomic E-state index is -2.15. The van der Waals surface area contributed by atoms with Crippen LogP contribution in [0.1, 0.15) is 24.6 Å². The van der Waals surface area contributed by atoms with Gasteiger partial charge in [-0.1, -0.05) is 13.8 Å². The maximum atomic E-state index is 11.8. The number of carbonyl (C=O) groups excluding carboxylic acids is 1. The van der Waals surface area contributed by atoms with Gasteiger partial charge in [-0.05, 0) is 30.2 Å². The van der Waals surface area contributed by atoms with Gasteiger partial charge in [-0.25, -0.2) is 18.9 Å². The molecule has 1 heterocycles. The van der Waals surface area contributed by atoms with Gasteiger partial charge >= 0.3 is 6.03 Å². The van der Waals surface area contributed by atoms with Crippen LogP contribution in [0.15, 0.2) is 30.5 Å². The van der Waals surface area contributed by atoms with Crippen molar-refractivity contribution in [1.29, 1.82) is 0 Å². The van der Waals surface area contributed by atoms with Gasteiger partial charge in [0.25, 0.3) is 11.3 Å². The van der Waals surface area contributed by atoms with Crippen LogP contribution in [-0.2, 0) is 11.3 Å². The molecule has 0 aliphatic heterocycles. The summed E-state index contributed by atoms with van der Waals surface area (Å²) in [6, 6.07) is 5.76. The summed E-state index contributed by atoms with van der Waals surface area (Å²) < 4.78 is 21.8. The molecule has 2 amide bonds. The van der Waals surface area contributed by atoms with Crippen molar-refractivity contribution in [2.24, 2.45) is 5.73 Å². The normalized spacial score (nSPS) is 12.2. The van der Waals surface area contributed by atoms with Crippen LogP contribution in [0, 0.1) is 0 Å². The first-order chi connectivity index (χ1) is 10.4. The largest absolute Gasteiger partial charge is 0.351 e. The molecule has 1 aromatic carbocycles. The van der Waals surface area contributed by atoms with Crippen LogP contribution in [-0.4, -0.2) is 19.8 Å². The van der Waals surface area contributed by atoms with Gasteiger partial charge in [0.05, 0.1) is 5.69 Å². The predicted octanol–water partition coefficient (Wildman–Crippen LogP) is 3.03. The molecule has 7 nitrogen and oxygen atoms in total. The quantitative estimate of drug-likeness (QED) is 0.727. The van der Waals surface area contributed by atoms with E-state index in [4.69, 9.17) is 10.3 Å². The van der Waals surface area contributed by atoms with Gasteiger partial charge in [-0.2, -0.15) is 0 Å². The number of nitrogens with one attached hydrogen (secondary N) is 1. The highest BCUT2D eigenvalue weighted by atomic mass is 32.2. The Morgan fingerprint density at radius 3 is 2.50 bits per heavy atom. The van der Waals surface area contributed by atoms with Crippen LogP contribution in [0.4, 0.5) is 21.3 Å². The van der Waals surface area contributed by atoms with Gasteiger partial charge in [0, 0.05) is 16.8 Å². The van der Waals surface area contributed by atoms with Crippen LogP contribution in [0.3, 0.4) is 0 Å². The Morgan fingerprint density at radius 2 is 2.05 bits per heavy atom. The number of aromatic nitrogens is 1. The van der Waals surface area contributed by atoms with Crippen molar-refractivity contribution in [2.75, 3.05) is 9.62 Å². The first-order valence-corrected chi connectivity index (χ1v) is 8.33. The summed E-state index contributed by atoms with van der Waals surface area (Å²) in [5.41, 5.74) is 6.44. The second-order valence-corrected chi connectivity index (χ2v) is 6.51. The van der Waals surface area contributed by atoms with E-state index in [1.807, 2.05) is 13.8 Å². The second-order valence-electron chi connectivity index (χ2n) is 4.77. The number of urea groups is 1. The Hall–Kier alpha value is -1.97. The number of thiazole rings is 1. The molecule has 0 radical (unpaired) electrons. The smallest absolute Gasteiger partial charge is 0.325 e. The van der Waals surface area contributed by atoms with E-state index in [1.165, 1.54) is 16.2 Å². The number of carbonyl (C=O) groups is 1. The zero-order valence-corrected chi connectivity index (χ0v) is 13.6. The molecule has 9 heteroatoms. The Balaban J connectivity index is 2.31. The Labute approximate surface area is 134 Å². The lowest BCUT2D eigenvalue weighted by Crippen LogP contribution is -2.31. The summed E-state index contributed by atoms with van der Waals surface area (Å²) in [5.74, 6) is 0.312. The van der Waals surface area contributed by atoms with Crippen molar-refractivity contribution in [2.45, 2.75) is 19.8 Å². The number of hydrogen-bond acceptors (Lipinski definition) is 4. The van der Waals surface area contributed by atoms with Crippen molar-refractivity contribution in [1.82, 2.24) is 4.98 Å². The molecule has 0 aliphatic carbocycles. The lowest BCUT2D eigenvalue weighted by Gasteiger charge is -2.17. The molecule has 1 atom stereocenters. The third-order valence-electron chi connectivity index (χ3n) is 2.82. The maximum Gasteiger partial charge on any atom is 0.325 e. The number of benzene rings is 1. The highest BCUT2D eigenvalue weighted by molar-refractivity contribution is 7.80. The fourth-order valence-corrected chi connectivity index (χ4v) is 3.04. The molecule has 22 heavy (non-hydrogen) atoms. The summed E-state index contributed by atoms with van der Waals surface area (Å²) in [5, 5.41) is 0.489. The van der Waals surface area contributed by atoms with Crippen molar-refractivity contribution in [3.05, 3.63) is 35.3 Å². The van der Waals surface area contributed by atoms with E-state index in [-0.39, 0.29) is 0 Å². The van der Waals surface area contributed by atoms with Crippen LogP contribution in [0.5, 0.6) is 0 Å². The number of anilines is 3. The summed E-state index contributed by atoms with van der Waals surface area (Å²) in [6.45, 7) is 4.09. The first-order valence-electron chi connectivity index (χ1n) is 6.41. The van der Waals surface area contributed by atoms with E-state index in [0.717, 1.165) is 4.88 Å². The molecule has 0 fully saturated rings. The monoisotopic (exact) mass is 340 g/mol. The average molecular weight is 340 g/mol. The van der Waals surface area contributed by atoms with E-state index in [0.29, 0.717) is 22.4 Å². The number of primary amides is 1. The highest BCUT2D eigenvalue weighted by Gasteiger charge is 2.19. The van der Waals surface area contributed by atoms with E-state index in [2.05, 4.69) is 9.71 Å². The molecule has 0 saturated heterocycles. The van der Waals surface area contributed by atoms with E-state index >= 15 is 0 Å². The molecular formula is C13H16N4O3S2. The molecule has 0 spiro atoms. The standard InChI is InChI=1S/C13H16N4O3S2/c1-8(2)11-7-15-13(21-11)17(12(14)18)10-5-3-9(4-6-10)16-22(19)20/h3-8,16H,1-2H3,(H2,14,18)(H,19,20). The van der Waals surface area contributed by atoms with Crippen molar-refractivity contribution in [3.63, 3.8) is 0 Å². The lowest BCUT2D eigenvalue weighted by molar-refractivity contribution is 0.256. The number of nitrogens with two attached hydrogens (primary N) is 1. The van der Waals surface area contributed by atoms with Gasteiger partial charge in [-0.15, -0.1) is 11.3 Å². The van der Waals surface area contributed by atoms with Crippen LogP contribution in [0.25, 0.3) is 0 Å². The Morgan fingerprint density at radius 1 is 1.41 bits per heavy atom. The van der Waals surface area contributed by atoms with Crippen LogP contribution in [0.2, 0.25) is 0 Å². The molecule has 0 aliphatic rings. The van der Waals surface area contributed by atoms with Gasteiger partial charge in [-0.3, -0.25) is 9.27 Å². The SMILES string of the molecule is CC(C)c1cnc(N(C(N)=O)c2ccc(NS(=O)O)cc2)s1. The number of nitrogens with zero attached hydrogens (tertiary/aromatic N) is 2. The topological polar surface area (TPSA) is 109 Å². The second kappa shape index (κ2) is 6.86. The fourth-order valence-electron chi connectivity index (χ4n) is 1.76. The summed E-state index contributed by atoms with van der Waals surface area (Å²) in [7, 11) is 0. The van der Waals surface area contributed by atoms with Crippen molar-refractivity contribution in [3.8, 4) is 0 Å². The Kier molecular flexibility index (Phi) is 5.11. The summed E-state index contributed by atoms with van der Waals surface area (Å²) in [6.07, 6.45) is 1.73. The Bertz CT molecular complexity index is 685. The molecule has 4 N–H and O–H groups in total. The average Bonchev–Trinajstić information content (AvgIpc) is 2.89. The number of hydrogen-bond donors (Lipinski definition) is 3. The number of amides is 2. The maximum absolute atomic E-state index is 11.8. The molecule has 2 aromatic rings. The zero-order valence-electron chi connectivity index (χ0n) is 12.0. The van der Waals surface area contributed by atoms with Crippen molar-refractivity contribution < 1.29 is 13.6 Å². The minimum absolute atomic E-state index is 0.312. The molecule has 0 bridgehead atoms. The van der Waals surface area contributed by atoms with Crippen LogP contribution < -0.4 is 15.4 Å². The molecular weight excluding hydrogens is 324 g/mol. The summed E-state index contributed by atoms with van der Waals surface area (Å²) in [4.78, 5) is 18.4. The van der Waals surface area contributed by atoms with E-state index in [1.54, 1.807) is 30.5 Å². The lowest BCUT2D eigenvalue weighted by atomic mass is 10.2. The molecule has 2 rings (SSSR count). The molecule has 1 aromatic heterocycles. The third-order valence-corrected chi connectivity index (χ3v) is 4.52.